The van der Waals surface area contributed by atoms with Crippen LogP contribution in [0.4, 0.5) is 10.1 Å². The molecule has 0 radical (unpaired) electrons. The van der Waals surface area contributed by atoms with Gasteiger partial charge in [-0.25, -0.2) is 4.39 Å². The molecule has 1 fully saturated rings. The van der Waals surface area contributed by atoms with Crippen molar-refractivity contribution in [2.24, 2.45) is 0 Å². The monoisotopic (exact) mass is 509 g/mol. The van der Waals surface area contributed by atoms with Gasteiger partial charge in [-0.2, -0.15) is 0 Å². The maximum atomic E-state index is 13.6. The Morgan fingerprint density at radius 1 is 1.06 bits per heavy atom. The van der Waals surface area contributed by atoms with E-state index >= 15 is 0 Å². The van der Waals surface area contributed by atoms with Crippen molar-refractivity contribution in [2.45, 2.75) is 40.0 Å². The van der Waals surface area contributed by atoms with Crippen LogP contribution >= 0.6 is 23.8 Å². The Balaban J connectivity index is 1.69. The number of benzene rings is 2. The maximum Gasteiger partial charge on any atom is 0.270 e. The van der Waals surface area contributed by atoms with Gasteiger partial charge in [0.15, 0.2) is 5.11 Å². The quantitative estimate of drug-likeness (QED) is 0.249. The third-order valence-electron chi connectivity index (χ3n) is 6.05. The lowest BCUT2D eigenvalue weighted by Crippen LogP contribution is -2.54. The first-order chi connectivity index (χ1) is 16.7. The van der Waals surface area contributed by atoms with E-state index in [9.17, 15) is 14.0 Å². The molecule has 2 aromatic carbocycles. The van der Waals surface area contributed by atoms with Crippen LogP contribution in [0.1, 0.15) is 42.3 Å². The predicted molar refractivity (Wildman–Crippen MR) is 141 cm³/mol. The van der Waals surface area contributed by atoms with Crippen molar-refractivity contribution in [3.63, 3.8) is 0 Å². The Hall–Kier alpha value is -3.29. The molecule has 1 aliphatic heterocycles. The highest BCUT2D eigenvalue weighted by Crippen LogP contribution is 2.28. The Kier molecular flexibility index (Phi) is 7.19. The Morgan fingerprint density at radius 2 is 1.74 bits per heavy atom. The summed E-state index contributed by atoms with van der Waals surface area (Å²) < 4.78 is 15.7. The first-order valence-corrected chi connectivity index (χ1v) is 12.1. The average Bonchev–Trinajstić information content (AvgIpc) is 3.10. The van der Waals surface area contributed by atoms with E-state index in [1.165, 1.54) is 17.7 Å². The number of aromatic nitrogens is 1. The summed E-state index contributed by atoms with van der Waals surface area (Å²) in [6.45, 7) is 6.10. The number of nitrogens with zero attached hydrogens (tertiary/aromatic N) is 2. The van der Waals surface area contributed by atoms with Crippen LogP contribution in [0.15, 0.2) is 54.1 Å². The van der Waals surface area contributed by atoms with Gasteiger partial charge in [0.05, 0.1) is 10.7 Å². The minimum absolute atomic E-state index is 0.0748. The normalized spacial score (nSPS) is 15.2. The molecular formula is C27H25ClFN3O2S. The fraction of sp³-hybridized carbons (Fsp3) is 0.222. The molecule has 1 saturated heterocycles. The number of anilines is 1. The molecule has 180 valence electrons. The molecule has 0 bridgehead atoms. The molecule has 0 saturated carbocycles. The van der Waals surface area contributed by atoms with Gasteiger partial charge in [-0.1, -0.05) is 37.1 Å². The molecule has 0 aliphatic carbocycles. The predicted octanol–water partition coefficient (Wildman–Crippen LogP) is 6.06. The summed E-state index contributed by atoms with van der Waals surface area (Å²) in [6, 6.07) is 14.2. The standard InChI is InChI=1S/C27H25ClFN3O2S/c1-4-5-6-18-7-9-20(10-8-18)31-16(2)13-19(17(31)3)14-22-25(33)30-27(35)32(26(22)34)21-11-12-24(29)23(28)15-21/h7-15H,4-6H2,1-3H3,(H,30,33,35)/b22-14+. The van der Waals surface area contributed by atoms with Gasteiger partial charge >= 0.3 is 0 Å². The Morgan fingerprint density at radius 3 is 2.40 bits per heavy atom. The number of unbranched alkanes of at least 4 members (excludes halogenated alkanes) is 1. The van der Waals surface area contributed by atoms with Crippen molar-refractivity contribution in [1.29, 1.82) is 0 Å². The molecule has 1 N–H and O–H groups in total. The molecule has 0 spiro atoms. The topological polar surface area (TPSA) is 54.3 Å². The Labute approximate surface area is 214 Å². The van der Waals surface area contributed by atoms with Crippen molar-refractivity contribution in [3.05, 3.63) is 87.5 Å². The van der Waals surface area contributed by atoms with Gasteiger partial charge in [-0.3, -0.25) is 19.8 Å². The van der Waals surface area contributed by atoms with E-state index in [0.717, 1.165) is 52.9 Å². The maximum absolute atomic E-state index is 13.6. The minimum Gasteiger partial charge on any atom is -0.318 e. The molecule has 35 heavy (non-hydrogen) atoms. The van der Waals surface area contributed by atoms with E-state index in [0.29, 0.717) is 0 Å². The van der Waals surface area contributed by atoms with E-state index in [1.54, 1.807) is 6.08 Å². The zero-order valence-corrected chi connectivity index (χ0v) is 21.3. The van der Waals surface area contributed by atoms with E-state index in [4.69, 9.17) is 23.8 Å². The third kappa shape index (κ3) is 4.92. The van der Waals surface area contributed by atoms with Crippen molar-refractivity contribution >= 4 is 52.5 Å². The number of thiocarbonyl (C=S) groups is 1. The number of carbonyl (C=O) groups is 2. The fourth-order valence-electron chi connectivity index (χ4n) is 4.20. The summed E-state index contributed by atoms with van der Waals surface area (Å²) >= 11 is 11.1. The second kappa shape index (κ2) is 10.1. The first-order valence-electron chi connectivity index (χ1n) is 11.4. The van der Waals surface area contributed by atoms with Crippen LogP contribution in [0, 0.1) is 19.7 Å². The second-order valence-electron chi connectivity index (χ2n) is 8.49. The average molecular weight is 510 g/mol. The summed E-state index contributed by atoms with van der Waals surface area (Å²) in [7, 11) is 0. The Bertz CT molecular complexity index is 1360. The largest absolute Gasteiger partial charge is 0.318 e. The molecule has 4 rings (SSSR count). The van der Waals surface area contributed by atoms with E-state index in [1.807, 2.05) is 19.9 Å². The summed E-state index contributed by atoms with van der Waals surface area (Å²) in [4.78, 5) is 27.2. The number of aryl methyl sites for hydroxylation is 2. The molecule has 8 heteroatoms. The SMILES string of the molecule is CCCCc1ccc(-n2c(C)cc(/C=C3\C(=O)NC(=S)N(c4ccc(F)c(Cl)c4)C3=O)c2C)cc1. The molecule has 0 atom stereocenters. The van der Waals surface area contributed by atoms with Crippen LogP contribution in [-0.4, -0.2) is 21.5 Å². The van der Waals surface area contributed by atoms with Gasteiger partial charge in [0.1, 0.15) is 11.4 Å². The third-order valence-corrected chi connectivity index (χ3v) is 6.62. The summed E-state index contributed by atoms with van der Waals surface area (Å²) in [6.07, 6.45) is 4.91. The van der Waals surface area contributed by atoms with Gasteiger partial charge in [-0.15, -0.1) is 0 Å². The van der Waals surface area contributed by atoms with Gasteiger partial charge in [0.25, 0.3) is 11.8 Å². The second-order valence-corrected chi connectivity index (χ2v) is 9.28. The lowest BCUT2D eigenvalue weighted by Gasteiger charge is -2.29. The molecule has 1 aliphatic rings. The molecule has 0 unspecified atom stereocenters. The van der Waals surface area contributed by atoms with Crippen LogP contribution in [0.2, 0.25) is 5.02 Å². The highest BCUT2D eigenvalue weighted by atomic mass is 35.5. The number of nitrogens with one attached hydrogen (secondary N) is 1. The lowest BCUT2D eigenvalue weighted by atomic mass is 10.1. The summed E-state index contributed by atoms with van der Waals surface area (Å²) in [5.41, 5.74) is 5.09. The summed E-state index contributed by atoms with van der Waals surface area (Å²) in [5, 5.41) is 2.31. The fourth-order valence-corrected chi connectivity index (χ4v) is 4.65. The van der Waals surface area contributed by atoms with Crippen LogP contribution in [0.25, 0.3) is 11.8 Å². The molecule has 3 aromatic rings. The number of hydrogen-bond acceptors (Lipinski definition) is 3. The zero-order valence-electron chi connectivity index (χ0n) is 19.7. The van der Waals surface area contributed by atoms with Crippen molar-refractivity contribution < 1.29 is 14.0 Å². The van der Waals surface area contributed by atoms with Crippen LogP contribution in [0.3, 0.4) is 0 Å². The number of carbonyl (C=O) groups excluding carboxylic acids is 2. The molecule has 5 nitrogen and oxygen atoms in total. The van der Waals surface area contributed by atoms with Crippen molar-refractivity contribution in [3.8, 4) is 5.69 Å². The highest BCUT2D eigenvalue weighted by Gasteiger charge is 2.35. The van der Waals surface area contributed by atoms with E-state index in [-0.39, 0.29) is 21.4 Å². The summed E-state index contributed by atoms with van der Waals surface area (Å²) in [5.74, 6) is -1.81. The lowest BCUT2D eigenvalue weighted by molar-refractivity contribution is -0.122. The molecular weight excluding hydrogens is 485 g/mol. The molecule has 2 amide bonds. The van der Waals surface area contributed by atoms with Crippen LogP contribution in [0.5, 0.6) is 0 Å². The van der Waals surface area contributed by atoms with Crippen molar-refractivity contribution in [1.82, 2.24) is 9.88 Å². The highest BCUT2D eigenvalue weighted by molar-refractivity contribution is 7.80. The smallest absolute Gasteiger partial charge is 0.270 e. The zero-order chi connectivity index (χ0) is 25.3. The van der Waals surface area contributed by atoms with Crippen LogP contribution in [-0.2, 0) is 16.0 Å². The van der Waals surface area contributed by atoms with Gasteiger partial charge in [-0.05, 0) is 92.5 Å². The molecule has 2 heterocycles. The first kappa shape index (κ1) is 24.8. The van der Waals surface area contributed by atoms with Gasteiger partial charge in [0, 0.05) is 17.1 Å². The van der Waals surface area contributed by atoms with E-state index < -0.39 is 17.6 Å². The minimum atomic E-state index is -0.614. The van der Waals surface area contributed by atoms with Gasteiger partial charge in [0.2, 0.25) is 0 Å². The number of halogens is 2. The number of hydrogen-bond donors (Lipinski definition) is 1. The van der Waals surface area contributed by atoms with E-state index in [2.05, 4.69) is 41.1 Å². The molecule has 1 aromatic heterocycles. The number of amides is 2. The van der Waals surface area contributed by atoms with Crippen molar-refractivity contribution in [2.75, 3.05) is 4.90 Å². The van der Waals surface area contributed by atoms with Gasteiger partial charge < -0.3 is 4.57 Å². The van der Waals surface area contributed by atoms with Crippen LogP contribution < -0.4 is 10.2 Å². The number of rotatable bonds is 6.